The van der Waals surface area contributed by atoms with E-state index in [-0.39, 0.29) is 23.1 Å². The van der Waals surface area contributed by atoms with Gasteiger partial charge in [-0.2, -0.15) is 0 Å². The molecule has 2 aliphatic rings. The molecule has 0 saturated carbocycles. The first kappa shape index (κ1) is 64.5. The van der Waals surface area contributed by atoms with Gasteiger partial charge >= 0.3 is 0 Å². The normalized spacial score (nSPS) is 12.7. The van der Waals surface area contributed by atoms with Crippen LogP contribution < -0.4 is 16.0 Å². The van der Waals surface area contributed by atoms with Crippen molar-refractivity contribution in [3.05, 3.63) is 246 Å². The second-order valence-electron chi connectivity index (χ2n) is 21.1. The minimum absolute atomic E-state index is 0.135. The lowest BCUT2D eigenvalue weighted by atomic mass is 10.0. The first-order chi connectivity index (χ1) is 45.1. The Labute approximate surface area is 537 Å². The molecule has 2 aliphatic heterocycles. The Morgan fingerprint density at radius 1 is 0.435 bits per heavy atom. The smallest absolute Gasteiger partial charge is 0.276 e. The van der Waals surface area contributed by atoms with E-state index >= 15 is 0 Å². The highest BCUT2D eigenvalue weighted by atomic mass is 32.1. The van der Waals surface area contributed by atoms with Crippen molar-refractivity contribution >= 4 is 78.3 Å². The van der Waals surface area contributed by atoms with Gasteiger partial charge in [0.1, 0.15) is 28.7 Å². The second kappa shape index (κ2) is 31.8. The minimum atomic E-state index is -0.686. The van der Waals surface area contributed by atoms with E-state index in [1.165, 1.54) is 98.7 Å². The summed E-state index contributed by atoms with van der Waals surface area (Å²) in [5.74, 6) is -2.34. The lowest BCUT2D eigenvalue weighted by molar-refractivity contribution is 0.101. The van der Waals surface area contributed by atoms with Crippen LogP contribution in [-0.2, 0) is 13.1 Å². The summed E-state index contributed by atoms with van der Waals surface area (Å²) >= 11 is 1.38. The number of halogens is 2. The molecular formula is C73H69F2N13O3S. The monoisotopic (exact) mass is 1250 g/mol. The largest absolute Gasteiger partial charge is 0.319 e. The van der Waals surface area contributed by atoms with Gasteiger partial charge in [-0.25, -0.2) is 28.7 Å². The van der Waals surface area contributed by atoms with Crippen LogP contribution in [0.4, 0.5) is 25.3 Å². The molecule has 92 heavy (non-hydrogen) atoms. The summed E-state index contributed by atoms with van der Waals surface area (Å²) in [6, 6.07) is 46.6. The molecule has 0 unspecified atom stereocenters. The van der Waals surface area contributed by atoms with E-state index in [1.54, 1.807) is 91.5 Å². The molecule has 19 heteroatoms. The van der Waals surface area contributed by atoms with Gasteiger partial charge in [0.05, 0.1) is 57.3 Å². The van der Waals surface area contributed by atoms with E-state index in [1.807, 2.05) is 106 Å². The Morgan fingerprint density at radius 2 is 0.848 bits per heavy atom. The van der Waals surface area contributed by atoms with Crippen LogP contribution in [0.5, 0.6) is 0 Å². The number of rotatable bonds is 13. The van der Waals surface area contributed by atoms with Crippen LogP contribution in [0.3, 0.4) is 0 Å². The zero-order chi connectivity index (χ0) is 64.2. The SMILES string of the molecule is CC.CC.O=C(Nc1cccnc1)c1ccc2cccc(-c3c(F)cccc3F)c2n1.O=C(Nc1cccnc1)c1ccc2cccc(-c3ccc(CN4CCCC4)cn3)c2n1.O=C(Nc1nccs1)c1ccc2cccc(-c3ccc(CN4CCCC4)cn3)c2n1. The number of carbonyl (C=O) groups excluding carboxylic acids is 3. The van der Waals surface area contributed by atoms with E-state index in [2.05, 4.69) is 67.8 Å². The lowest BCUT2D eigenvalue weighted by Crippen LogP contribution is -2.18. The number of likely N-dealkylation sites (tertiary alicyclic amines) is 2. The Bertz CT molecular complexity index is 4400. The maximum Gasteiger partial charge on any atom is 0.276 e. The second-order valence-corrected chi connectivity index (χ2v) is 22.0. The molecule has 0 atom stereocenters. The van der Waals surface area contributed by atoms with E-state index in [0.717, 1.165) is 57.4 Å². The van der Waals surface area contributed by atoms with Crippen LogP contribution in [0.2, 0.25) is 0 Å². The third-order valence-electron chi connectivity index (χ3n) is 15.0. The van der Waals surface area contributed by atoms with Gasteiger partial charge in [0.25, 0.3) is 17.7 Å². The number of nitrogens with one attached hydrogen (secondary N) is 3. The number of nitrogens with zero attached hydrogens (tertiary/aromatic N) is 10. The highest BCUT2D eigenvalue weighted by Crippen LogP contribution is 2.33. The quantitative estimate of drug-likeness (QED) is 0.0987. The number of benzene rings is 4. The number of para-hydroxylation sites is 3. The number of hydrogen-bond acceptors (Lipinski definition) is 14. The Hall–Kier alpha value is -10.5. The molecule has 3 N–H and O–H groups in total. The molecule has 12 aromatic rings. The van der Waals surface area contributed by atoms with E-state index < -0.39 is 17.5 Å². The molecular weight excluding hydrogens is 1180 g/mol. The fourth-order valence-electron chi connectivity index (χ4n) is 10.7. The fourth-order valence-corrected chi connectivity index (χ4v) is 11.2. The van der Waals surface area contributed by atoms with Crippen LogP contribution in [0, 0.1) is 11.6 Å². The Morgan fingerprint density at radius 3 is 1.24 bits per heavy atom. The van der Waals surface area contributed by atoms with Crippen LogP contribution in [-0.4, -0.2) is 93.6 Å². The standard InChI is InChI=1S/C25H23N5O.C23H21N5OS.C21H13F2N3O.2C2H6/c31-25(28-20-6-4-12-26-16-20)23-11-9-19-5-3-7-21(24(19)29-23)22-10-8-18(15-27-22)17-30-13-1-2-14-30;29-22(27-23-24-10-13-30-23)20-9-7-17-4-3-5-18(21(17)26-20)19-8-6-16(14-25-19)15-28-11-1-2-12-28;22-16-7-2-8-17(23)19(16)15-6-1-4-13-9-10-18(26-20(13)15)21(27)25-14-5-3-11-24-12-14;2*1-2/h3-12,15-16H,1-2,13-14,17H2,(H,28,31);3-10,13-14H,1-2,11-12,15H2,(H,24,27,29);1-12H,(H,25,27);2*1-2H3. The highest BCUT2D eigenvalue weighted by Gasteiger charge is 2.20. The summed E-state index contributed by atoms with van der Waals surface area (Å²) in [6.07, 6.45) is 17.1. The molecule has 16 nitrogen and oxygen atoms in total. The molecule has 14 rings (SSSR count). The van der Waals surface area contributed by atoms with Gasteiger partial charge < -0.3 is 10.6 Å². The van der Waals surface area contributed by atoms with E-state index in [0.29, 0.717) is 44.4 Å². The van der Waals surface area contributed by atoms with Crippen LogP contribution in [0.15, 0.2) is 206 Å². The molecule has 2 fully saturated rings. The zero-order valence-electron chi connectivity index (χ0n) is 51.6. The average Bonchev–Trinajstić information content (AvgIpc) is 0.902. The summed E-state index contributed by atoms with van der Waals surface area (Å²) in [6.45, 7) is 14.6. The summed E-state index contributed by atoms with van der Waals surface area (Å²) < 4.78 is 28.5. The molecule has 8 aromatic heterocycles. The topological polar surface area (TPSA) is 197 Å². The van der Waals surface area contributed by atoms with Crippen molar-refractivity contribution in [1.82, 2.24) is 49.7 Å². The molecule has 4 aromatic carbocycles. The van der Waals surface area contributed by atoms with Crippen LogP contribution in [0.25, 0.3) is 66.4 Å². The van der Waals surface area contributed by atoms with Gasteiger partial charge in [-0.3, -0.25) is 49.4 Å². The predicted molar refractivity (Wildman–Crippen MR) is 363 cm³/mol. The number of anilines is 3. The number of fused-ring (bicyclic) bond motifs is 3. The van der Waals surface area contributed by atoms with Crippen molar-refractivity contribution in [3.8, 4) is 33.6 Å². The van der Waals surface area contributed by atoms with Crippen molar-refractivity contribution < 1.29 is 23.2 Å². The average molecular weight is 1250 g/mol. The molecule has 0 aliphatic carbocycles. The van der Waals surface area contributed by atoms with Crippen LogP contribution in [0.1, 0.15) is 96.0 Å². The lowest BCUT2D eigenvalue weighted by Gasteiger charge is -2.14. The summed E-state index contributed by atoms with van der Waals surface area (Å²) in [5, 5.41) is 13.3. The molecule has 0 spiro atoms. The first-order valence-electron chi connectivity index (χ1n) is 30.8. The van der Waals surface area contributed by atoms with Crippen LogP contribution >= 0.6 is 11.3 Å². The summed E-state index contributed by atoms with van der Waals surface area (Å²) in [7, 11) is 0. The van der Waals surface area contributed by atoms with Crippen molar-refractivity contribution in [2.75, 3.05) is 42.1 Å². The van der Waals surface area contributed by atoms with Crippen molar-refractivity contribution in [3.63, 3.8) is 0 Å². The number of amides is 3. The molecule has 0 bridgehead atoms. The van der Waals surface area contributed by atoms with Crippen molar-refractivity contribution in [1.29, 1.82) is 0 Å². The minimum Gasteiger partial charge on any atom is -0.319 e. The number of carbonyl (C=O) groups is 3. The third kappa shape index (κ3) is 16.3. The predicted octanol–water partition coefficient (Wildman–Crippen LogP) is 16.0. The first-order valence-corrected chi connectivity index (χ1v) is 31.7. The molecule has 2 saturated heterocycles. The van der Waals surface area contributed by atoms with Gasteiger partial charge in [-0.15, -0.1) is 11.3 Å². The highest BCUT2D eigenvalue weighted by molar-refractivity contribution is 7.13. The molecule has 3 amide bonds. The maximum absolute atomic E-state index is 14.3. The molecule has 464 valence electrons. The van der Waals surface area contributed by atoms with Crippen molar-refractivity contribution in [2.24, 2.45) is 0 Å². The van der Waals surface area contributed by atoms with Gasteiger partial charge in [-0.05, 0) is 130 Å². The summed E-state index contributed by atoms with van der Waals surface area (Å²) in [4.78, 5) is 77.9. The Kier molecular flexibility index (Phi) is 22.3. The van der Waals surface area contributed by atoms with Gasteiger partial charge in [0.2, 0.25) is 0 Å². The number of aromatic nitrogens is 8. The van der Waals surface area contributed by atoms with Gasteiger partial charge in [0, 0.05) is 82.3 Å². The van der Waals surface area contributed by atoms with E-state index in [9.17, 15) is 23.2 Å². The number of hydrogen-bond donors (Lipinski definition) is 3. The Balaban J connectivity index is 0.000000147. The fraction of sp³-hybridized carbons (Fsp3) is 0.192. The molecule has 10 heterocycles. The maximum atomic E-state index is 14.3. The van der Waals surface area contributed by atoms with Gasteiger partial charge in [-0.1, -0.05) is 119 Å². The summed E-state index contributed by atoms with van der Waals surface area (Å²) in [5.41, 5.74) is 10.0. The molecule has 0 radical (unpaired) electrons. The van der Waals surface area contributed by atoms with E-state index in [4.69, 9.17) is 9.97 Å². The van der Waals surface area contributed by atoms with Crippen molar-refractivity contribution in [2.45, 2.75) is 66.5 Å². The zero-order valence-corrected chi connectivity index (χ0v) is 52.4. The number of pyridine rings is 7. The van der Waals surface area contributed by atoms with Gasteiger partial charge in [0.15, 0.2) is 5.13 Å². The number of thiazole rings is 1. The third-order valence-corrected chi connectivity index (χ3v) is 15.7.